The van der Waals surface area contributed by atoms with Crippen molar-refractivity contribution in [2.24, 2.45) is 0 Å². The number of ether oxygens (including phenoxy) is 5. The average molecular weight is 591 g/mol. The van der Waals surface area contributed by atoms with Crippen LogP contribution >= 0.6 is 0 Å². The number of carbonyl (C=O) groups is 4. The van der Waals surface area contributed by atoms with Crippen LogP contribution in [0.5, 0.6) is 11.5 Å². The quantitative estimate of drug-likeness (QED) is 0.0784. The van der Waals surface area contributed by atoms with E-state index < -0.39 is 17.9 Å². The molecule has 1 aliphatic rings. The maximum absolute atomic E-state index is 12.5. The normalized spacial score (nSPS) is 13.1. The minimum atomic E-state index is -0.655. The van der Waals surface area contributed by atoms with E-state index in [1.54, 1.807) is 61.5 Å². The van der Waals surface area contributed by atoms with Crippen molar-refractivity contribution in [2.45, 2.75) is 51.6 Å². The van der Waals surface area contributed by atoms with E-state index in [-0.39, 0.29) is 50.3 Å². The molecular weight excluding hydrogens is 552 g/mol. The summed E-state index contributed by atoms with van der Waals surface area (Å²) in [7, 11) is 0. The third-order valence-corrected chi connectivity index (χ3v) is 6.46. The van der Waals surface area contributed by atoms with E-state index in [2.05, 4.69) is 13.2 Å². The number of hydrogen-bond acceptors (Lipinski definition) is 9. The van der Waals surface area contributed by atoms with E-state index in [1.165, 1.54) is 6.08 Å². The Bertz CT molecular complexity index is 1300. The van der Waals surface area contributed by atoms with Gasteiger partial charge >= 0.3 is 17.9 Å². The van der Waals surface area contributed by atoms with Crippen LogP contribution in [0.2, 0.25) is 0 Å². The first-order valence-corrected chi connectivity index (χ1v) is 14.3. The molecule has 0 saturated heterocycles. The second-order valence-electron chi connectivity index (χ2n) is 10.1. The number of carbonyl (C=O) groups excluding carboxylic acids is 4. The average Bonchev–Trinajstić information content (AvgIpc) is 3.01. The van der Waals surface area contributed by atoms with Gasteiger partial charge in [0.1, 0.15) is 44.0 Å². The van der Waals surface area contributed by atoms with E-state index in [1.807, 2.05) is 0 Å². The van der Waals surface area contributed by atoms with Crippen LogP contribution in [-0.4, -0.2) is 56.2 Å². The van der Waals surface area contributed by atoms with Crippen LogP contribution in [0.4, 0.5) is 0 Å². The van der Waals surface area contributed by atoms with E-state index >= 15 is 0 Å². The maximum atomic E-state index is 12.5. The summed E-state index contributed by atoms with van der Waals surface area (Å²) >= 11 is 0. The molecule has 2 aromatic rings. The van der Waals surface area contributed by atoms with E-state index in [4.69, 9.17) is 23.7 Å². The molecule has 0 radical (unpaired) electrons. The van der Waals surface area contributed by atoms with Crippen molar-refractivity contribution in [1.29, 1.82) is 0 Å². The van der Waals surface area contributed by atoms with Crippen LogP contribution in [-0.2, 0) is 28.6 Å². The predicted octanol–water partition coefficient (Wildman–Crippen LogP) is 5.83. The smallest absolute Gasteiger partial charge is 0.334 e. The van der Waals surface area contributed by atoms with Crippen molar-refractivity contribution < 1.29 is 42.9 Å². The first-order chi connectivity index (χ1) is 20.7. The Kier molecular flexibility index (Phi) is 13.2. The molecule has 43 heavy (non-hydrogen) atoms. The summed E-state index contributed by atoms with van der Waals surface area (Å²) in [4.78, 5) is 48.1. The number of esters is 3. The molecule has 1 aliphatic carbocycles. The topological polar surface area (TPSA) is 114 Å². The molecule has 228 valence electrons. The van der Waals surface area contributed by atoms with Crippen molar-refractivity contribution in [3.05, 3.63) is 90.0 Å². The van der Waals surface area contributed by atoms with Gasteiger partial charge in [-0.1, -0.05) is 37.8 Å². The van der Waals surface area contributed by atoms with Crippen LogP contribution < -0.4 is 9.47 Å². The Morgan fingerprint density at radius 2 is 1.33 bits per heavy atom. The molecule has 0 unspecified atom stereocenters. The lowest BCUT2D eigenvalue weighted by Gasteiger charge is -2.21. The highest BCUT2D eigenvalue weighted by atomic mass is 16.6. The summed E-state index contributed by atoms with van der Waals surface area (Å²) in [5.74, 6) is -0.631. The first kappa shape index (κ1) is 32.8. The largest absolute Gasteiger partial charge is 0.490 e. The lowest BCUT2D eigenvalue weighted by molar-refractivity contribution is -0.151. The van der Waals surface area contributed by atoms with E-state index in [9.17, 15) is 19.2 Å². The first-order valence-electron chi connectivity index (χ1n) is 14.3. The molecule has 0 spiro atoms. The SMILES string of the molecule is C=C(C)C(=O)OCCOc1ccc(C(=O)/C=C/c2ccc(OCCOC(=O)C(=C)CC(=O)OC3CCCCC3)cc2)cc1. The van der Waals surface area contributed by atoms with E-state index in [0.717, 1.165) is 37.7 Å². The van der Waals surface area contributed by atoms with Gasteiger partial charge in [-0.3, -0.25) is 9.59 Å². The Balaban J connectivity index is 1.33. The summed E-state index contributed by atoms with van der Waals surface area (Å²) < 4.78 is 26.6. The molecular formula is C34H38O9. The molecule has 0 aliphatic heterocycles. The fourth-order valence-corrected chi connectivity index (χ4v) is 4.13. The standard InChI is InChI=1S/C34H38O9/c1-24(2)33(37)41-21-19-40-29-16-12-27(13-17-29)31(35)18-11-26-9-14-28(15-10-26)39-20-22-42-34(38)25(3)23-32(36)43-30-7-5-4-6-8-30/h9-18,30H,1,3-8,19-23H2,2H3/b18-11+. The molecule has 0 atom stereocenters. The zero-order valence-electron chi connectivity index (χ0n) is 24.5. The van der Waals surface area contributed by atoms with Crippen LogP contribution in [0.15, 0.2) is 78.9 Å². The lowest BCUT2D eigenvalue weighted by Crippen LogP contribution is -2.22. The van der Waals surface area contributed by atoms with Gasteiger partial charge in [0.2, 0.25) is 0 Å². The lowest BCUT2D eigenvalue weighted by atomic mass is 9.98. The van der Waals surface area contributed by atoms with Gasteiger partial charge in [-0.15, -0.1) is 0 Å². The number of hydrogen-bond donors (Lipinski definition) is 0. The highest BCUT2D eigenvalue weighted by Gasteiger charge is 2.20. The molecule has 1 saturated carbocycles. The maximum Gasteiger partial charge on any atom is 0.334 e. The van der Waals surface area contributed by atoms with Crippen LogP contribution in [0.3, 0.4) is 0 Å². The predicted molar refractivity (Wildman–Crippen MR) is 161 cm³/mol. The number of rotatable bonds is 16. The van der Waals surface area contributed by atoms with E-state index in [0.29, 0.717) is 22.6 Å². The third-order valence-electron chi connectivity index (χ3n) is 6.46. The van der Waals surface area contributed by atoms with Gasteiger partial charge in [0.15, 0.2) is 5.78 Å². The Morgan fingerprint density at radius 3 is 1.91 bits per heavy atom. The monoisotopic (exact) mass is 590 g/mol. The highest BCUT2D eigenvalue weighted by molar-refractivity contribution is 6.06. The second-order valence-corrected chi connectivity index (χ2v) is 10.1. The number of allylic oxidation sites excluding steroid dienone is 1. The fourth-order valence-electron chi connectivity index (χ4n) is 4.13. The molecule has 0 amide bonds. The Labute approximate surface area is 252 Å². The molecule has 0 N–H and O–H groups in total. The van der Waals surface area contributed by atoms with Crippen molar-refractivity contribution in [3.8, 4) is 11.5 Å². The molecule has 9 heteroatoms. The summed E-state index contributed by atoms with van der Waals surface area (Å²) in [6.07, 6.45) is 7.89. The number of ketones is 1. The minimum Gasteiger partial charge on any atom is -0.490 e. The molecule has 2 aromatic carbocycles. The molecule has 1 fully saturated rings. The third kappa shape index (κ3) is 12.0. The van der Waals surface area contributed by atoms with Crippen molar-refractivity contribution >= 4 is 29.8 Å². The molecule has 0 heterocycles. The zero-order valence-corrected chi connectivity index (χ0v) is 24.5. The molecule has 3 rings (SSSR count). The Hall–Kier alpha value is -4.66. The van der Waals surface area contributed by atoms with Crippen LogP contribution in [0, 0.1) is 0 Å². The summed E-state index contributed by atoms with van der Waals surface area (Å²) in [6.45, 7) is 9.13. The highest BCUT2D eigenvalue weighted by Crippen LogP contribution is 2.21. The fraction of sp³-hybridized carbons (Fsp3) is 0.353. The van der Waals surface area contributed by atoms with Gasteiger partial charge in [-0.25, -0.2) is 9.59 Å². The molecule has 0 aromatic heterocycles. The Morgan fingerprint density at radius 1 is 0.767 bits per heavy atom. The van der Waals surface area contributed by atoms with Gasteiger partial charge in [0, 0.05) is 16.7 Å². The zero-order chi connectivity index (χ0) is 31.0. The van der Waals surface area contributed by atoms with Crippen molar-refractivity contribution in [2.75, 3.05) is 26.4 Å². The van der Waals surface area contributed by atoms with Crippen molar-refractivity contribution in [1.82, 2.24) is 0 Å². The van der Waals surface area contributed by atoms with Gasteiger partial charge in [0.25, 0.3) is 0 Å². The van der Waals surface area contributed by atoms with Gasteiger partial charge < -0.3 is 23.7 Å². The minimum absolute atomic E-state index is 0.00201. The summed E-state index contributed by atoms with van der Waals surface area (Å²) in [5, 5.41) is 0. The molecule has 9 nitrogen and oxygen atoms in total. The van der Waals surface area contributed by atoms with Crippen molar-refractivity contribution in [3.63, 3.8) is 0 Å². The summed E-state index contributed by atoms with van der Waals surface area (Å²) in [6, 6.07) is 13.7. The second kappa shape index (κ2) is 17.3. The van der Waals surface area contributed by atoms with Gasteiger partial charge in [-0.2, -0.15) is 0 Å². The molecule has 0 bridgehead atoms. The van der Waals surface area contributed by atoms with Crippen LogP contribution in [0.25, 0.3) is 6.08 Å². The van der Waals surface area contributed by atoms with Gasteiger partial charge in [-0.05, 0) is 80.6 Å². The van der Waals surface area contributed by atoms with Gasteiger partial charge in [0.05, 0.1) is 6.42 Å². The number of benzene rings is 2. The van der Waals surface area contributed by atoms with Crippen LogP contribution in [0.1, 0.15) is 61.4 Å². The summed E-state index contributed by atoms with van der Waals surface area (Å²) in [5.41, 5.74) is 1.67.